The number of benzene rings is 2. The fourth-order valence-electron chi connectivity index (χ4n) is 4.38. The molecule has 2 amide bonds. The summed E-state index contributed by atoms with van der Waals surface area (Å²) in [5.41, 5.74) is 4.85. The lowest BCUT2D eigenvalue weighted by atomic mass is 10.0. The van der Waals surface area contributed by atoms with Crippen molar-refractivity contribution in [1.29, 1.82) is 0 Å². The highest BCUT2D eigenvalue weighted by molar-refractivity contribution is 5.75. The van der Waals surface area contributed by atoms with E-state index in [9.17, 15) is 9.90 Å². The molecule has 0 radical (unpaired) electrons. The highest BCUT2D eigenvalue weighted by Crippen LogP contribution is 2.31. The number of aliphatic hydroxyl groups excluding tert-OH is 1. The molecular formula is C23H29N3O2. The first-order chi connectivity index (χ1) is 13.6. The Morgan fingerprint density at radius 2 is 1.79 bits per heavy atom. The maximum Gasteiger partial charge on any atom is 0.315 e. The molecule has 5 heteroatoms. The minimum Gasteiger partial charge on any atom is -0.390 e. The summed E-state index contributed by atoms with van der Waals surface area (Å²) >= 11 is 0. The first-order valence-corrected chi connectivity index (χ1v) is 10.2. The normalized spacial score (nSPS) is 22.6. The smallest absolute Gasteiger partial charge is 0.315 e. The molecule has 1 saturated heterocycles. The first kappa shape index (κ1) is 19.0. The van der Waals surface area contributed by atoms with Crippen LogP contribution in [0.25, 0.3) is 0 Å². The molecule has 0 saturated carbocycles. The fourth-order valence-corrected chi connectivity index (χ4v) is 4.38. The molecule has 0 spiro atoms. The van der Waals surface area contributed by atoms with Gasteiger partial charge in [-0.3, -0.25) is 4.90 Å². The molecular weight excluding hydrogens is 350 g/mol. The number of piperidine rings is 1. The van der Waals surface area contributed by atoms with Crippen molar-refractivity contribution in [2.75, 3.05) is 13.1 Å². The molecule has 28 heavy (non-hydrogen) atoms. The molecule has 2 aromatic rings. The minimum absolute atomic E-state index is 0.182. The van der Waals surface area contributed by atoms with Crippen LogP contribution in [0.5, 0.6) is 0 Å². The van der Waals surface area contributed by atoms with Crippen LogP contribution in [-0.2, 0) is 13.0 Å². The number of nitrogens with zero attached hydrogens (tertiary/aromatic N) is 1. The molecule has 1 heterocycles. The number of rotatable bonds is 4. The van der Waals surface area contributed by atoms with Gasteiger partial charge in [-0.25, -0.2) is 4.79 Å². The molecule has 2 aromatic carbocycles. The van der Waals surface area contributed by atoms with Crippen molar-refractivity contribution in [3.8, 4) is 0 Å². The lowest BCUT2D eigenvalue weighted by Crippen LogP contribution is -2.49. The van der Waals surface area contributed by atoms with E-state index < -0.39 is 6.10 Å². The predicted octanol–water partition coefficient (Wildman–Crippen LogP) is 2.92. The van der Waals surface area contributed by atoms with E-state index in [1.54, 1.807) is 0 Å². The monoisotopic (exact) mass is 379 g/mol. The van der Waals surface area contributed by atoms with E-state index in [4.69, 9.17) is 0 Å². The van der Waals surface area contributed by atoms with Crippen LogP contribution in [0.1, 0.15) is 41.1 Å². The number of aryl methyl sites for hydroxylation is 1. The van der Waals surface area contributed by atoms with Gasteiger partial charge in [0.25, 0.3) is 0 Å². The Bertz CT molecular complexity index is 830. The van der Waals surface area contributed by atoms with Gasteiger partial charge < -0.3 is 15.7 Å². The van der Waals surface area contributed by atoms with Crippen LogP contribution in [0, 0.1) is 6.92 Å². The van der Waals surface area contributed by atoms with E-state index >= 15 is 0 Å². The van der Waals surface area contributed by atoms with Crippen molar-refractivity contribution in [2.24, 2.45) is 0 Å². The zero-order chi connectivity index (χ0) is 19.5. The van der Waals surface area contributed by atoms with Crippen molar-refractivity contribution < 1.29 is 9.90 Å². The van der Waals surface area contributed by atoms with Gasteiger partial charge in [0.05, 0.1) is 12.1 Å². The van der Waals surface area contributed by atoms with E-state index in [1.807, 2.05) is 24.3 Å². The molecule has 3 N–H and O–H groups in total. The summed E-state index contributed by atoms with van der Waals surface area (Å²) in [6, 6.07) is 16.1. The van der Waals surface area contributed by atoms with Crippen LogP contribution in [0.15, 0.2) is 48.5 Å². The maximum absolute atomic E-state index is 12.5. The molecule has 148 valence electrons. The second-order valence-electron chi connectivity index (χ2n) is 8.04. The van der Waals surface area contributed by atoms with Gasteiger partial charge in [0.15, 0.2) is 0 Å². The number of aliphatic hydroxyl groups is 1. The summed E-state index contributed by atoms with van der Waals surface area (Å²) in [6.07, 6.45) is 1.93. The Kier molecular flexibility index (Phi) is 5.64. The van der Waals surface area contributed by atoms with Gasteiger partial charge in [-0.15, -0.1) is 0 Å². The van der Waals surface area contributed by atoms with Gasteiger partial charge in [-0.1, -0.05) is 48.5 Å². The van der Waals surface area contributed by atoms with Crippen LogP contribution in [0.3, 0.4) is 0 Å². The van der Waals surface area contributed by atoms with E-state index in [2.05, 4.69) is 46.7 Å². The number of urea groups is 1. The van der Waals surface area contributed by atoms with Gasteiger partial charge in [0.1, 0.15) is 0 Å². The summed E-state index contributed by atoms with van der Waals surface area (Å²) < 4.78 is 0. The molecule has 5 nitrogen and oxygen atoms in total. The molecule has 4 rings (SSSR count). The topological polar surface area (TPSA) is 64.6 Å². The molecule has 0 aromatic heterocycles. The highest BCUT2D eigenvalue weighted by atomic mass is 16.3. The Balaban J connectivity index is 1.26. The summed E-state index contributed by atoms with van der Waals surface area (Å²) in [4.78, 5) is 14.9. The standard InChI is InChI=1S/C23H29N3O2/c1-16-6-2-3-8-18(16)15-26-12-10-19(11-13-26)24-23(28)25-22-20-9-5-4-7-17(20)14-21(22)27/h2-9,19,21-22,27H,10-15H2,1H3,(H2,24,25,28)/t21-,22+/m1/s1. The highest BCUT2D eigenvalue weighted by Gasteiger charge is 2.32. The Morgan fingerprint density at radius 3 is 2.57 bits per heavy atom. The zero-order valence-electron chi connectivity index (χ0n) is 16.4. The van der Waals surface area contributed by atoms with Crippen molar-refractivity contribution in [2.45, 2.75) is 50.9 Å². The number of amides is 2. The molecule has 2 aliphatic rings. The third-order valence-electron chi connectivity index (χ3n) is 6.07. The molecule has 1 aliphatic heterocycles. The minimum atomic E-state index is -0.556. The van der Waals surface area contributed by atoms with Crippen LogP contribution < -0.4 is 10.6 Å². The fraction of sp³-hybridized carbons (Fsp3) is 0.435. The lowest BCUT2D eigenvalue weighted by molar-refractivity contribution is 0.140. The third kappa shape index (κ3) is 4.21. The van der Waals surface area contributed by atoms with Crippen LogP contribution in [0.2, 0.25) is 0 Å². The molecule has 1 aliphatic carbocycles. The summed E-state index contributed by atoms with van der Waals surface area (Å²) in [7, 11) is 0. The average molecular weight is 380 g/mol. The van der Waals surface area contributed by atoms with Gasteiger partial charge in [0, 0.05) is 32.1 Å². The largest absolute Gasteiger partial charge is 0.390 e. The van der Waals surface area contributed by atoms with Crippen molar-refractivity contribution in [3.05, 3.63) is 70.8 Å². The third-order valence-corrected chi connectivity index (χ3v) is 6.07. The maximum atomic E-state index is 12.5. The van der Waals surface area contributed by atoms with E-state index in [0.29, 0.717) is 6.42 Å². The van der Waals surface area contributed by atoms with Crippen molar-refractivity contribution in [3.63, 3.8) is 0 Å². The van der Waals surface area contributed by atoms with E-state index in [0.717, 1.165) is 43.6 Å². The Labute approximate surface area is 166 Å². The number of fused-ring (bicyclic) bond motifs is 1. The number of likely N-dealkylation sites (tertiary alicyclic amines) is 1. The van der Waals surface area contributed by atoms with Gasteiger partial charge in [0.2, 0.25) is 0 Å². The number of nitrogens with one attached hydrogen (secondary N) is 2. The van der Waals surface area contributed by atoms with Crippen LogP contribution >= 0.6 is 0 Å². The SMILES string of the molecule is Cc1ccccc1CN1CCC(NC(=O)N[C@H]2c3ccccc3C[C@H]2O)CC1. The van der Waals surface area contributed by atoms with E-state index in [-0.39, 0.29) is 18.1 Å². The number of hydrogen-bond acceptors (Lipinski definition) is 3. The second kappa shape index (κ2) is 8.33. The van der Waals surface area contributed by atoms with Crippen molar-refractivity contribution in [1.82, 2.24) is 15.5 Å². The molecule has 2 atom stereocenters. The van der Waals surface area contributed by atoms with Gasteiger partial charge >= 0.3 is 6.03 Å². The van der Waals surface area contributed by atoms with Crippen LogP contribution in [0.4, 0.5) is 4.79 Å². The number of carbonyl (C=O) groups excluding carboxylic acids is 1. The quantitative estimate of drug-likeness (QED) is 0.765. The Morgan fingerprint density at radius 1 is 1.07 bits per heavy atom. The summed E-state index contributed by atoms with van der Waals surface area (Å²) in [5, 5.41) is 16.4. The molecule has 1 fully saturated rings. The van der Waals surface area contributed by atoms with Gasteiger partial charge in [-0.2, -0.15) is 0 Å². The van der Waals surface area contributed by atoms with Crippen molar-refractivity contribution >= 4 is 6.03 Å². The first-order valence-electron chi connectivity index (χ1n) is 10.2. The number of hydrogen-bond donors (Lipinski definition) is 3. The lowest BCUT2D eigenvalue weighted by Gasteiger charge is -2.33. The summed E-state index contributed by atoms with van der Waals surface area (Å²) in [5.74, 6) is 0. The second-order valence-corrected chi connectivity index (χ2v) is 8.04. The summed E-state index contributed by atoms with van der Waals surface area (Å²) in [6.45, 7) is 5.09. The average Bonchev–Trinajstić information content (AvgIpc) is 3.00. The molecule has 0 bridgehead atoms. The predicted molar refractivity (Wildman–Crippen MR) is 110 cm³/mol. The molecule has 0 unspecified atom stereocenters. The Hall–Kier alpha value is -2.37. The number of carbonyl (C=O) groups is 1. The van der Waals surface area contributed by atoms with E-state index in [1.165, 1.54) is 11.1 Å². The zero-order valence-corrected chi connectivity index (χ0v) is 16.4. The van der Waals surface area contributed by atoms with Crippen LogP contribution in [-0.4, -0.2) is 41.3 Å². The van der Waals surface area contributed by atoms with Gasteiger partial charge in [-0.05, 0) is 42.0 Å².